The van der Waals surface area contributed by atoms with Crippen LogP contribution in [0.2, 0.25) is 5.02 Å². The van der Waals surface area contributed by atoms with Gasteiger partial charge in [-0.05, 0) is 30.7 Å². The molecule has 82 valence electrons. The number of ether oxygens (including phenoxy) is 1. The average molecular weight is 228 g/mol. The molecule has 0 saturated carbocycles. The molecule has 0 radical (unpaired) electrons. The van der Waals surface area contributed by atoms with Gasteiger partial charge in [-0.25, -0.2) is 0 Å². The van der Waals surface area contributed by atoms with Crippen molar-refractivity contribution < 1.29 is 9.53 Å². The van der Waals surface area contributed by atoms with Crippen molar-refractivity contribution in [2.45, 2.75) is 19.9 Å². The minimum Gasteiger partial charge on any atom is -0.497 e. The van der Waals surface area contributed by atoms with Gasteiger partial charge < -0.3 is 10.1 Å². The van der Waals surface area contributed by atoms with Crippen molar-refractivity contribution in [3.8, 4) is 5.75 Å². The summed E-state index contributed by atoms with van der Waals surface area (Å²) in [6, 6.07) is 5.24. The fraction of sp³-hybridized carbons (Fsp3) is 0.364. The van der Waals surface area contributed by atoms with Crippen molar-refractivity contribution in [1.29, 1.82) is 0 Å². The summed E-state index contributed by atoms with van der Waals surface area (Å²) in [5.74, 6) is 0.646. The predicted molar refractivity (Wildman–Crippen MR) is 60.2 cm³/mol. The third-order valence-corrected chi connectivity index (χ3v) is 2.43. The summed E-state index contributed by atoms with van der Waals surface area (Å²) >= 11 is 6.02. The van der Waals surface area contributed by atoms with Gasteiger partial charge in [-0.15, -0.1) is 0 Å². The number of carbonyl (C=O) groups is 1. The number of halogens is 1. The lowest BCUT2D eigenvalue weighted by atomic mass is 10.1. The van der Waals surface area contributed by atoms with E-state index < -0.39 is 0 Å². The number of rotatable bonds is 3. The Balaban J connectivity index is 2.95. The Bertz CT molecular complexity index is 366. The number of nitrogens with one attached hydrogen (secondary N) is 1. The largest absolute Gasteiger partial charge is 0.497 e. The number of carbonyl (C=O) groups excluding carboxylic acids is 1. The van der Waals surface area contributed by atoms with E-state index in [1.807, 2.05) is 13.0 Å². The quantitative estimate of drug-likeness (QED) is 0.862. The molecule has 0 aliphatic heterocycles. The summed E-state index contributed by atoms with van der Waals surface area (Å²) in [6.07, 6.45) is 0. The van der Waals surface area contributed by atoms with Crippen LogP contribution in [0, 0.1) is 0 Å². The third-order valence-electron chi connectivity index (χ3n) is 2.09. The van der Waals surface area contributed by atoms with Crippen LogP contribution in [0.3, 0.4) is 0 Å². The normalized spacial score (nSPS) is 12.0. The SMILES string of the molecule is COc1ccc(Cl)c(C(C)NC(C)=O)c1. The molecule has 0 bridgehead atoms. The van der Waals surface area contributed by atoms with Gasteiger partial charge in [-0.2, -0.15) is 0 Å². The third kappa shape index (κ3) is 3.13. The molecule has 1 N–H and O–H groups in total. The van der Waals surface area contributed by atoms with Gasteiger partial charge >= 0.3 is 0 Å². The standard InChI is InChI=1S/C11H14ClNO2/c1-7(13-8(2)14)10-6-9(15-3)4-5-11(10)12/h4-7H,1-3H3,(H,13,14). The number of amides is 1. The zero-order chi connectivity index (χ0) is 11.4. The van der Waals surface area contributed by atoms with E-state index in [1.54, 1.807) is 19.2 Å². The molecule has 0 aliphatic carbocycles. The number of benzene rings is 1. The van der Waals surface area contributed by atoms with Gasteiger partial charge in [0, 0.05) is 11.9 Å². The molecule has 0 fully saturated rings. The number of methoxy groups -OCH3 is 1. The van der Waals surface area contributed by atoms with Gasteiger partial charge in [0.25, 0.3) is 0 Å². The second-order valence-corrected chi connectivity index (χ2v) is 3.72. The van der Waals surface area contributed by atoms with E-state index in [2.05, 4.69) is 5.32 Å². The summed E-state index contributed by atoms with van der Waals surface area (Å²) in [5, 5.41) is 3.39. The van der Waals surface area contributed by atoms with E-state index >= 15 is 0 Å². The molecule has 1 unspecified atom stereocenters. The van der Waals surface area contributed by atoms with E-state index in [0.717, 1.165) is 11.3 Å². The summed E-state index contributed by atoms with van der Waals surface area (Å²) < 4.78 is 5.09. The Morgan fingerprint density at radius 3 is 2.73 bits per heavy atom. The zero-order valence-corrected chi connectivity index (χ0v) is 9.76. The lowest BCUT2D eigenvalue weighted by Crippen LogP contribution is -2.23. The van der Waals surface area contributed by atoms with Crippen molar-refractivity contribution >= 4 is 17.5 Å². The van der Waals surface area contributed by atoms with E-state index in [4.69, 9.17) is 16.3 Å². The molecule has 0 aliphatic rings. The Hall–Kier alpha value is -1.22. The first-order chi connectivity index (χ1) is 7.04. The summed E-state index contributed by atoms with van der Waals surface area (Å²) in [6.45, 7) is 3.35. The molecule has 1 aromatic carbocycles. The Kier molecular flexibility index (Phi) is 3.97. The van der Waals surface area contributed by atoms with Crippen molar-refractivity contribution in [2.24, 2.45) is 0 Å². The molecule has 0 heterocycles. The van der Waals surface area contributed by atoms with Crippen LogP contribution in [0.5, 0.6) is 5.75 Å². The van der Waals surface area contributed by atoms with Crippen LogP contribution in [-0.2, 0) is 4.79 Å². The lowest BCUT2D eigenvalue weighted by Gasteiger charge is -2.15. The van der Waals surface area contributed by atoms with Gasteiger partial charge in [-0.3, -0.25) is 4.79 Å². The Morgan fingerprint density at radius 2 is 2.20 bits per heavy atom. The predicted octanol–water partition coefficient (Wildman–Crippen LogP) is 2.55. The van der Waals surface area contributed by atoms with Gasteiger partial charge in [0.1, 0.15) is 5.75 Å². The van der Waals surface area contributed by atoms with Crippen molar-refractivity contribution in [2.75, 3.05) is 7.11 Å². The maximum Gasteiger partial charge on any atom is 0.217 e. The molecule has 0 saturated heterocycles. The van der Waals surface area contributed by atoms with Gasteiger partial charge in [-0.1, -0.05) is 11.6 Å². The van der Waals surface area contributed by atoms with Crippen LogP contribution in [0.4, 0.5) is 0 Å². The first kappa shape index (κ1) is 11.9. The van der Waals surface area contributed by atoms with Crippen LogP contribution >= 0.6 is 11.6 Å². The minimum atomic E-state index is -0.120. The highest BCUT2D eigenvalue weighted by Gasteiger charge is 2.11. The van der Waals surface area contributed by atoms with E-state index in [-0.39, 0.29) is 11.9 Å². The van der Waals surface area contributed by atoms with Crippen molar-refractivity contribution in [1.82, 2.24) is 5.32 Å². The Morgan fingerprint density at radius 1 is 1.53 bits per heavy atom. The zero-order valence-electron chi connectivity index (χ0n) is 9.00. The highest BCUT2D eigenvalue weighted by molar-refractivity contribution is 6.31. The number of hydrogen-bond acceptors (Lipinski definition) is 2. The van der Waals surface area contributed by atoms with E-state index in [1.165, 1.54) is 6.92 Å². The van der Waals surface area contributed by atoms with Gasteiger partial charge in [0.05, 0.1) is 13.2 Å². The molecule has 0 spiro atoms. The Labute approximate surface area is 94.4 Å². The maximum absolute atomic E-state index is 10.9. The second kappa shape index (κ2) is 5.03. The molecule has 1 rings (SSSR count). The van der Waals surface area contributed by atoms with Crippen LogP contribution in [0.1, 0.15) is 25.5 Å². The monoisotopic (exact) mass is 227 g/mol. The second-order valence-electron chi connectivity index (χ2n) is 3.31. The molecule has 3 nitrogen and oxygen atoms in total. The molecule has 4 heteroatoms. The fourth-order valence-electron chi connectivity index (χ4n) is 1.36. The van der Waals surface area contributed by atoms with Crippen molar-refractivity contribution in [3.63, 3.8) is 0 Å². The van der Waals surface area contributed by atoms with E-state index in [0.29, 0.717) is 5.02 Å². The van der Waals surface area contributed by atoms with Crippen LogP contribution in [0.15, 0.2) is 18.2 Å². The molecule has 0 aromatic heterocycles. The first-order valence-electron chi connectivity index (χ1n) is 4.65. The highest BCUT2D eigenvalue weighted by atomic mass is 35.5. The first-order valence-corrected chi connectivity index (χ1v) is 5.03. The van der Waals surface area contributed by atoms with Crippen LogP contribution < -0.4 is 10.1 Å². The van der Waals surface area contributed by atoms with Gasteiger partial charge in [0.15, 0.2) is 0 Å². The molecule has 1 atom stereocenters. The fourth-order valence-corrected chi connectivity index (χ4v) is 1.64. The maximum atomic E-state index is 10.9. The van der Waals surface area contributed by atoms with Crippen LogP contribution in [-0.4, -0.2) is 13.0 Å². The summed E-state index contributed by atoms with van der Waals surface area (Å²) in [4.78, 5) is 10.9. The smallest absolute Gasteiger partial charge is 0.217 e. The van der Waals surface area contributed by atoms with Gasteiger partial charge in [0.2, 0.25) is 5.91 Å². The topological polar surface area (TPSA) is 38.3 Å². The lowest BCUT2D eigenvalue weighted by molar-refractivity contribution is -0.119. The van der Waals surface area contributed by atoms with Crippen LogP contribution in [0.25, 0.3) is 0 Å². The minimum absolute atomic E-state index is 0.0820. The highest BCUT2D eigenvalue weighted by Crippen LogP contribution is 2.27. The molecular weight excluding hydrogens is 214 g/mol. The molecular formula is C11H14ClNO2. The molecule has 15 heavy (non-hydrogen) atoms. The summed E-state index contributed by atoms with van der Waals surface area (Å²) in [7, 11) is 1.59. The number of hydrogen-bond donors (Lipinski definition) is 1. The summed E-state index contributed by atoms with van der Waals surface area (Å²) in [5.41, 5.74) is 0.853. The molecule has 1 aromatic rings. The van der Waals surface area contributed by atoms with Crippen molar-refractivity contribution in [3.05, 3.63) is 28.8 Å². The average Bonchev–Trinajstić information content (AvgIpc) is 2.17. The van der Waals surface area contributed by atoms with E-state index in [9.17, 15) is 4.79 Å². The molecule has 1 amide bonds.